The summed E-state index contributed by atoms with van der Waals surface area (Å²) in [5.74, 6) is 1.97. The summed E-state index contributed by atoms with van der Waals surface area (Å²) < 4.78 is 2.18. The SMILES string of the molecule is Cn1c(CC(N)CC2CCCC2)nc2ccccc21. The van der Waals surface area contributed by atoms with Gasteiger partial charge in [-0.2, -0.15) is 0 Å². The summed E-state index contributed by atoms with van der Waals surface area (Å²) in [4.78, 5) is 4.71. The molecule has 0 spiro atoms. The standard InChI is InChI=1S/C16H23N3/c1-19-15-9-5-4-8-14(15)18-16(19)11-13(17)10-12-6-2-3-7-12/h4-5,8-9,12-13H,2-3,6-7,10-11,17H2,1H3. The van der Waals surface area contributed by atoms with E-state index < -0.39 is 0 Å². The van der Waals surface area contributed by atoms with Crippen LogP contribution in [0, 0.1) is 5.92 Å². The van der Waals surface area contributed by atoms with Gasteiger partial charge in [-0.15, -0.1) is 0 Å². The molecule has 102 valence electrons. The number of aryl methyl sites for hydroxylation is 1. The summed E-state index contributed by atoms with van der Waals surface area (Å²) in [7, 11) is 2.09. The number of rotatable bonds is 4. The van der Waals surface area contributed by atoms with Crippen molar-refractivity contribution in [3.05, 3.63) is 30.1 Å². The van der Waals surface area contributed by atoms with Crippen molar-refractivity contribution in [3.63, 3.8) is 0 Å². The zero-order chi connectivity index (χ0) is 13.2. The smallest absolute Gasteiger partial charge is 0.111 e. The van der Waals surface area contributed by atoms with Crippen molar-refractivity contribution in [3.8, 4) is 0 Å². The van der Waals surface area contributed by atoms with Gasteiger partial charge in [-0.3, -0.25) is 0 Å². The topological polar surface area (TPSA) is 43.8 Å². The second-order valence-electron chi connectivity index (χ2n) is 5.93. The molecule has 19 heavy (non-hydrogen) atoms. The number of hydrogen-bond acceptors (Lipinski definition) is 2. The summed E-state index contributed by atoms with van der Waals surface area (Å²) >= 11 is 0. The van der Waals surface area contributed by atoms with E-state index >= 15 is 0 Å². The second kappa shape index (κ2) is 5.33. The van der Waals surface area contributed by atoms with Gasteiger partial charge in [-0.25, -0.2) is 4.98 Å². The number of para-hydroxylation sites is 2. The van der Waals surface area contributed by atoms with E-state index in [2.05, 4.69) is 29.8 Å². The third kappa shape index (κ3) is 2.66. The molecule has 2 N–H and O–H groups in total. The second-order valence-corrected chi connectivity index (χ2v) is 5.93. The Labute approximate surface area is 114 Å². The average molecular weight is 257 g/mol. The first-order valence-electron chi connectivity index (χ1n) is 7.40. The third-order valence-corrected chi connectivity index (χ3v) is 4.44. The van der Waals surface area contributed by atoms with Crippen LogP contribution in [0.5, 0.6) is 0 Å². The number of nitrogens with zero attached hydrogens (tertiary/aromatic N) is 2. The third-order valence-electron chi connectivity index (χ3n) is 4.44. The zero-order valence-corrected chi connectivity index (χ0v) is 11.7. The van der Waals surface area contributed by atoms with Crippen LogP contribution in [0.4, 0.5) is 0 Å². The molecule has 1 atom stereocenters. The summed E-state index contributed by atoms with van der Waals surface area (Å²) in [5, 5.41) is 0. The van der Waals surface area contributed by atoms with E-state index in [0.29, 0.717) is 0 Å². The summed E-state index contributed by atoms with van der Waals surface area (Å²) in [5.41, 5.74) is 8.60. The van der Waals surface area contributed by atoms with Crippen LogP contribution < -0.4 is 5.73 Å². The lowest BCUT2D eigenvalue weighted by atomic mass is 9.97. The molecule has 2 aromatic rings. The zero-order valence-electron chi connectivity index (χ0n) is 11.7. The van der Waals surface area contributed by atoms with Crippen LogP contribution in [0.2, 0.25) is 0 Å². The minimum atomic E-state index is 0.249. The van der Waals surface area contributed by atoms with Crippen molar-refractivity contribution in [1.29, 1.82) is 0 Å². The molecule has 0 saturated heterocycles. The molecule has 1 aliphatic carbocycles. The molecule has 1 aromatic heterocycles. The molecule has 0 bridgehead atoms. The lowest BCUT2D eigenvalue weighted by Crippen LogP contribution is -2.26. The highest BCUT2D eigenvalue weighted by Crippen LogP contribution is 2.28. The molecule has 1 aliphatic rings. The van der Waals surface area contributed by atoms with Gasteiger partial charge in [0.25, 0.3) is 0 Å². The van der Waals surface area contributed by atoms with Crippen LogP contribution in [0.3, 0.4) is 0 Å². The molecule has 3 rings (SSSR count). The fraction of sp³-hybridized carbons (Fsp3) is 0.562. The molecule has 1 aromatic carbocycles. The van der Waals surface area contributed by atoms with Crippen LogP contribution in [0.25, 0.3) is 11.0 Å². The number of benzene rings is 1. The molecule has 0 amide bonds. The van der Waals surface area contributed by atoms with Gasteiger partial charge in [-0.05, 0) is 24.5 Å². The number of hydrogen-bond donors (Lipinski definition) is 1. The highest BCUT2D eigenvalue weighted by molar-refractivity contribution is 5.75. The van der Waals surface area contributed by atoms with Gasteiger partial charge < -0.3 is 10.3 Å². The number of nitrogens with two attached hydrogens (primary N) is 1. The number of imidazole rings is 1. The Hall–Kier alpha value is -1.35. The number of aromatic nitrogens is 2. The van der Waals surface area contributed by atoms with Crippen molar-refractivity contribution in [2.45, 2.75) is 44.6 Å². The minimum Gasteiger partial charge on any atom is -0.331 e. The van der Waals surface area contributed by atoms with Crippen molar-refractivity contribution in [2.24, 2.45) is 18.7 Å². The predicted molar refractivity (Wildman–Crippen MR) is 79.0 cm³/mol. The van der Waals surface area contributed by atoms with Crippen LogP contribution in [0.1, 0.15) is 37.9 Å². The molecular weight excluding hydrogens is 234 g/mol. The molecule has 1 heterocycles. The molecule has 0 radical (unpaired) electrons. The average Bonchev–Trinajstić information content (AvgIpc) is 3.00. The first-order chi connectivity index (χ1) is 9.24. The largest absolute Gasteiger partial charge is 0.331 e. The van der Waals surface area contributed by atoms with Crippen molar-refractivity contribution in [1.82, 2.24) is 9.55 Å². The molecule has 3 heteroatoms. The fourth-order valence-corrected chi connectivity index (χ4v) is 3.37. The van der Waals surface area contributed by atoms with Gasteiger partial charge in [0.2, 0.25) is 0 Å². The highest BCUT2D eigenvalue weighted by Gasteiger charge is 2.19. The minimum absolute atomic E-state index is 0.249. The monoisotopic (exact) mass is 257 g/mol. The highest BCUT2D eigenvalue weighted by atomic mass is 15.1. The Kier molecular flexibility index (Phi) is 3.56. The van der Waals surface area contributed by atoms with E-state index in [9.17, 15) is 0 Å². The molecular formula is C16H23N3. The lowest BCUT2D eigenvalue weighted by molar-refractivity contribution is 0.434. The predicted octanol–water partition coefficient (Wildman–Crippen LogP) is 3.02. The molecule has 0 aliphatic heterocycles. The van der Waals surface area contributed by atoms with E-state index in [1.807, 2.05) is 6.07 Å². The van der Waals surface area contributed by atoms with E-state index in [4.69, 9.17) is 10.7 Å². The molecule has 3 nitrogen and oxygen atoms in total. The van der Waals surface area contributed by atoms with Crippen LogP contribution >= 0.6 is 0 Å². The Morgan fingerprint density at radius 1 is 1.32 bits per heavy atom. The maximum absolute atomic E-state index is 6.32. The van der Waals surface area contributed by atoms with Crippen LogP contribution in [0.15, 0.2) is 24.3 Å². The van der Waals surface area contributed by atoms with Crippen molar-refractivity contribution < 1.29 is 0 Å². The Morgan fingerprint density at radius 2 is 2.05 bits per heavy atom. The Balaban J connectivity index is 1.71. The van der Waals surface area contributed by atoms with Crippen molar-refractivity contribution in [2.75, 3.05) is 0 Å². The summed E-state index contributed by atoms with van der Waals surface area (Å²) in [6.07, 6.45) is 7.57. The van der Waals surface area contributed by atoms with Gasteiger partial charge in [0.1, 0.15) is 5.82 Å². The molecule has 1 saturated carbocycles. The Bertz CT molecular complexity index is 552. The maximum Gasteiger partial charge on any atom is 0.111 e. The van der Waals surface area contributed by atoms with Gasteiger partial charge in [-0.1, -0.05) is 37.8 Å². The van der Waals surface area contributed by atoms with E-state index in [0.717, 1.165) is 30.1 Å². The Morgan fingerprint density at radius 3 is 2.79 bits per heavy atom. The lowest BCUT2D eigenvalue weighted by Gasteiger charge is -2.15. The first-order valence-corrected chi connectivity index (χ1v) is 7.40. The van der Waals surface area contributed by atoms with E-state index in [1.165, 1.54) is 31.2 Å². The summed E-state index contributed by atoms with van der Waals surface area (Å²) in [6.45, 7) is 0. The normalized spacial score (nSPS) is 18.2. The molecule has 1 unspecified atom stereocenters. The van der Waals surface area contributed by atoms with Gasteiger partial charge in [0.05, 0.1) is 11.0 Å². The van der Waals surface area contributed by atoms with E-state index in [1.54, 1.807) is 0 Å². The first kappa shape index (κ1) is 12.7. The van der Waals surface area contributed by atoms with Gasteiger partial charge >= 0.3 is 0 Å². The van der Waals surface area contributed by atoms with E-state index in [-0.39, 0.29) is 6.04 Å². The van der Waals surface area contributed by atoms with Gasteiger partial charge in [0, 0.05) is 19.5 Å². The fourth-order valence-electron chi connectivity index (χ4n) is 3.37. The van der Waals surface area contributed by atoms with Crippen LogP contribution in [-0.2, 0) is 13.5 Å². The van der Waals surface area contributed by atoms with Crippen LogP contribution in [-0.4, -0.2) is 15.6 Å². The quantitative estimate of drug-likeness (QED) is 0.915. The molecule has 1 fully saturated rings. The summed E-state index contributed by atoms with van der Waals surface area (Å²) in [6, 6.07) is 8.54. The number of fused-ring (bicyclic) bond motifs is 1. The van der Waals surface area contributed by atoms with Gasteiger partial charge in [0.15, 0.2) is 0 Å². The maximum atomic E-state index is 6.32. The van der Waals surface area contributed by atoms with Crippen molar-refractivity contribution >= 4 is 11.0 Å².